The third-order valence-corrected chi connectivity index (χ3v) is 1.68. The summed E-state index contributed by atoms with van der Waals surface area (Å²) in [6.07, 6.45) is 6.84. The Morgan fingerprint density at radius 3 is 2.67 bits per heavy atom. The number of hydrogen-bond donors (Lipinski definition) is 0. The fourth-order valence-electron chi connectivity index (χ4n) is 1.21. The van der Waals surface area contributed by atoms with E-state index in [1.54, 1.807) is 6.29 Å². The van der Waals surface area contributed by atoms with Gasteiger partial charge in [0.25, 0.3) is 0 Å². The van der Waals surface area contributed by atoms with E-state index in [-0.39, 0.29) is 6.61 Å². The van der Waals surface area contributed by atoms with Crippen molar-refractivity contribution in [2.75, 3.05) is 6.61 Å². The predicted octanol–water partition coefficient (Wildman–Crippen LogP) is 1.06. The minimum absolute atomic E-state index is 0.157. The van der Waals surface area contributed by atoms with E-state index >= 15 is 0 Å². The van der Waals surface area contributed by atoms with Gasteiger partial charge in [-0.1, -0.05) is 12.8 Å². The van der Waals surface area contributed by atoms with Gasteiger partial charge in [-0.05, 0) is 12.8 Å². The molecule has 9 heavy (non-hydrogen) atoms. The summed E-state index contributed by atoms with van der Waals surface area (Å²) in [5.74, 6) is 0. The molecule has 1 rings (SSSR count). The van der Waals surface area contributed by atoms with E-state index in [9.17, 15) is 4.79 Å². The van der Waals surface area contributed by atoms with Gasteiger partial charge in [0.15, 0.2) is 0 Å². The number of hydrogen-bond acceptors (Lipinski definition) is 2. The standard InChI is InChI=1S/C7H11O2/c8-5-6-9-7-3-1-2-4-7/h7H,1-4,6H2. The van der Waals surface area contributed by atoms with Crippen molar-refractivity contribution in [2.24, 2.45) is 0 Å². The van der Waals surface area contributed by atoms with Crippen molar-refractivity contribution in [2.45, 2.75) is 31.8 Å². The Hall–Kier alpha value is -0.370. The maximum absolute atomic E-state index is 9.71. The number of carbonyl (C=O) groups excluding carboxylic acids is 1. The SMILES string of the molecule is O=[C]COC1CCCC1. The normalized spacial score (nSPS) is 20.4. The van der Waals surface area contributed by atoms with Crippen LogP contribution in [0.4, 0.5) is 0 Å². The van der Waals surface area contributed by atoms with Crippen molar-refractivity contribution in [1.29, 1.82) is 0 Å². The molecule has 0 spiro atoms. The molecule has 0 bridgehead atoms. The van der Waals surface area contributed by atoms with Crippen LogP contribution in [0.1, 0.15) is 25.7 Å². The Kier molecular flexibility index (Phi) is 2.71. The number of ether oxygens (including phenoxy) is 1. The molecule has 0 aromatic rings. The first-order valence-electron chi connectivity index (χ1n) is 3.40. The van der Waals surface area contributed by atoms with E-state index in [2.05, 4.69) is 0 Å². The molecule has 1 fully saturated rings. The lowest BCUT2D eigenvalue weighted by molar-refractivity contribution is 0.0863. The van der Waals surface area contributed by atoms with Gasteiger partial charge in [0.1, 0.15) is 6.61 Å². The van der Waals surface area contributed by atoms with Gasteiger partial charge in [0.05, 0.1) is 6.10 Å². The van der Waals surface area contributed by atoms with Crippen LogP contribution in [-0.4, -0.2) is 19.0 Å². The zero-order valence-electron chi connectivity index (χ0n) is 5.43. The highest BCUT2D eigenvalue weighted by Gasteiger charge is 2.14. The molecule has 0 unspecified atom stereocenters. The second-order valence-corrected chi connectivity index (χ2v) is 2.36. The minimum Gasteiger partial charge on any atom is -0.370 e. The monoisotopic (exact) mass is 127 g/mol. The third kappa shape index (κ3) is 2.14. The Labute approximate surface area is 55.2 Å². The number of rotatable bonds is 3. The maximum Gasteiger partial charge on any atom is 0.226 e. The van der Waals surface area contributed by atoms with Crippen molar-refractivity contribution < 1.29 is 9.53 Å². The van der Waals surface area contributed by atoms with Crippen molar-refractivity contribution in [3.8, 4) is 0 Å². The highest BCUT2D eigenvalue weighted by atomic mass is 16.5. The molecule has 1 aliphatic carbocycles. The summed E-state index contributed by atoms with van der Waals surface area (Å²) in [5.41, 5.74) is 0. The fraction of sp³-hybridized carbons (Fsp3) is 0.857. The molecule has 0 heterocycles. The minimum atomic E-state index is 0.157. The molecule has 0 aromatic heterocycles. The lowest BCUT2D eigenvalue weighted by Crippen LogP contribution is -2.08. The molecule has 0 aliphatic heterocycles. The average molecular weight is 127 g/mol. The molecule has 1 radical (unpaired) electrons. The van der Waals surface area contributed by atoms with E-state index in [0.29, 0.717) is 6.10 Å². The van der Waals surface area contributed by atoms with Crippen LogP contribution >= 0.6 is 0 Å². The van der Waals surface area contributed by atoms with Gasteiger partial charge in [-0.15, -0.1) is 0 Å². The van der Waals surface area contributed by atoms with Crippen molar-refractivity contribution >= 4 is 6.29 Å². The summed E-state index contributed by atoms with van der Waals surface area (Å²) < 4.78 is 5.13. The molecule has 1 saturated carbocycles. The zero-order chi connectivity index (χ0) is 6.53. The van der Waals surface area contributed by atoms with E-state index in [0.717, 1.165) is 12.8 Å². The van der Waals surface area contributed by atoms with Crippen LogP contribution < -0.4 is 0 Å². The van der Waals surface area contributed by atoms with Gasteiger partial charge in [-0.25, -0.2) is 0 Å². The summed E-state index contributed by atoms with van der Waals surface area (Å²) in [6, 6.07) is 0. The molecule has 51 valence electrons. The molecular weight excluding hydrogens is 116 g/mol. The molecule has 0 N–H and O–H groups in total. The Bertz CT molecular complexity index is 84.9. The van der Waals surface area contributed by atoms with E-state index in [4.69, 9.17) is 4.74 Å². The summed E-state index contributed by atoms with van der Waals surface area (Å²) in [7, 11) is 0. The maximum atomic E-state index is 9.71. The van der Waals surface area contributed by atoms with E-state index in [1.807, 2.05) is 0 Å². The molecule has 0 atom stereocenters. The summed E-state index contributed by atoms with van der Waals surface area (Å²) in [4.78, 5) is 9.71. The van der Waals surface area contributed by atoms with Crippen molar-refractivity contribution in [1.82, 2.24) is 0 Å². The lowest BCUT2D eigenvalue weighted by atomic mass is 10.3. The van der Waals surface area contributed by atoms with E-state index < -0.39 is 0 Å². The molecule has 0 aromatic carbocycles. The molecule has 2 nitrogen and oxygen atoms in total. The van der Waals surface area contributed by atoms with Gasteiger partial charge in [-0.3, -0.25) is 4.79 Å². The van der Waals surface area contributed by atoms with Gasteiger partial charge in [0, 0.05) is 0 Å². The summed E-state index contributed by atoms with van der Waals surface area (Å²) in [5, 5.41) is 0. The van der Waals surface area contributed by atoms with Crippen LogP contribution in [0.25, 0.3) is 0 Å². The molecule has 2 heteroatoms. The van der Waals surface area contributed by atoms with Crippen LogP contribution in [0.5, 0.6) is 0 Å². The van der Waals surface area contributed by atoms with Gasteiger partial charge < -0.3 is 4.74 Å². The largest absolute Gasteiger partial charge is 0.370 e. The molecule has 0 saturated heterocycles. The molecule has 0 amide bonds. The van der Waals surface area contributed by atoms with Crippen molar-refractivity contribution in [3.63, 3.8) is 0 Å². The second kappa shape index (κ2) is 3.62. The fourth-order valence-corrected chi connectivity index (χ4v) is 1.21. The first-order valence-corrected chi connectivity index (χ1v) is 3.40. The van der Waals surface area contributed by atoms with Crippen LogP contribution in [-0.2, 0) is 9.53 Å². The quantitative estimate of drug-likeness (QED) is 0.566. The van der Waals surface area contributed by atoms with Crippen molar-refractivity contribution in [3.05, 3.63) is 0 Å². The molecular formula is C7H11O2. The topological polar surface area (TPSA) is 26.3 Å². The Morgan fingerprint density at radius 2 is 2.11 bits per heavy atom. The van der Waals surface area contributed by atoms with E-state index in [1.165, 1.54) is 12.8 Å². The molecule has 1 aliphatic rings. The average Bonchev–Trinajstić information content (AvgIpc) is 2.34. The highest BCUT2D eigenvalue weighted by molar-refractivity contribution is 5.51. The third-order valence-electron chi connectivity index (χ3n) is 1.68. The Balaban J connectivity index is 2.04. The lowest BCUT2D eigenvalue weighted by Gasteiger charge is -2.05. The van der Waals surface area contributed by atoms with Gasteiger partial charge >= 0.3 is 0 Å². The highest BCUT2D eigenvalue weighted by Crippen LogP contribution is 2.20. The smallest absolute Gasteiger partial charge is 0.226 e. The van der Waals surface area contributed by atoms with Crippen LogP contribution in [0.2, 0.25) is 0 Å². The van der Waals surface area contributed by atoms with Gasteiger partial charge in [-0.2, -0.15) is 0 Å². The first kappa shape index (κ1) is 6.75. The van der Waals surface area contributed by atoms with Crippen LogP contribution in [0.15, 0.2) is 0 Å². The second-order valence-electron chi connectivity index (χ2n) is 2.36. The summed E-state index contributed by atoms with van der Waals surface area (Å²) in [6.45, 7) is 0.157. The summed E-state index contributed by atoms with van der Waals surface area (Å²) >= 11 is 0. The zero-order valence-corrected chi connectivity index (χ0v) is 5.43. The first-order chi connectivity index (χ1) is 4.43. The van der Waals surface area contributed by atoms with Gasteiger partial charge in [0.2, 0.25) is 6.29 Å². The van der Waals surface area contributed by atoms with Crippen LogP contribution in [0.3, 0.4) is 0 Å². The predicted molar refractivity (Wildman–Crippen MR) is 33.9 cm³/mol. The van der Waals surface area contributed by atoms with Crippen LogP contribution in [0, 0.1) is 0 Å². The Morgan fingerprint density at radius 1 is 1.44 bits per heavy atom.